The Balaban J connectivity index is 1.17. The van der Waals surface area contributed by atoms with Crippen LogP contribution in [-0.2, 0) is 4.79 Å². The molecule has 0 saturated heterocycles. The maximum Gasteiger partial charge on any atom is 0.225 e. The second kappa shape index (κ2) is 11.7. The van der Waals surface area contributed by atoms with E-state index in [-0.39, 0.29) is 5.91 Å². The van der Waals surface area contributed by atoms with Crippen molar-refractivity contribution in [1.29, 1.82) is 0 Å². The Morgan fingerprint density at radius 3 is 2.50 bits per heavy atom. The van der Waals surface area contributed by atoms with Crippen LogP contribution in [-0.4, -0.2) is 49.2 Å². The summed E-state index contributed by atoms with van der Waals surface area (Å²) in [7, 11) is 4.02. The zero-order valence-electron chi connectivity index (χ0n) is 20.2. The fraction of sp³-hybridized carbons (Fsp3) is 0.444. The van der Waals surface area contributed by atoms with Crippen LogP contribution in [0.2, 0.25) is 0 Å². The molecule has 3 aromatic rings. The van der Waals surface area contributed by atoms with E-state index in [0.717, 1.165) is 61.1 Å². The average molecular weight is 462 g/mol. The number of benzene rings is 2. The zero-order valence-corrected chi connectivity index (χ0v) is 20.2. The molecule has 1 amide bonds. The van der Waals surface area contributed by atoms with E-state index >= 15 is 0 Å². The molecular formula is C27H35N5O2. The summed E-state index contributed by atoms with van der Waals surface area (Å²) in [5.74, 6) is 3.10. The van der Waals surface area contributed by atoms with Crippen LogP contribution in [0.5, 0.6) is 5.75 Å². The second-order valence-electron chi connectivity index (χ2n) is 9.21. The number of carbonyl (C=O) groups excluding carboxylic acids is 1. The Morgan fingerprint density at radius 2 is 1.74 bits per heavy atom. The molecule has 0 unspecified atom stereocenters. The minimum Gasteiger partial charge on any atom is -0.494 e. The molecule has 1 aliphatic rings. The highest BCUT2D eigenvalue weighted by molar-refractivity contribution is 5.90. The third-order valence-electron chi connectivity index (χ3n) is 6.33. The summed E-state index contributed by atoms with van der Waals surface area (Å²) >= 11 is 0. The normalized spacial score (nSPS) is 17.8. The number of para-hydroxylation sites is 2. The van der Waals surface area contributed by atoms with Crippen molar-refractivity contribution >= 4 is 28.6 Å². The predicted octanol–water partition coefficient (Wildman–Crippen LogP) is 4.64. The summed E-state index contributed by atoms with van der Waals surface area (Å²) in [6, 6.07) is 18.2. The minimum absolute atomic E-state index is 0.109. The van der Waals surface area contributed by atoms with E-state index in [1.165, 1.54) is 0 Å². The maximum absolute atomic E-state index is 12.2. The predicted molar refractivity (Wildman–Crippen MR) is 137 cm³/mol. The van der Waals surface area contributed by atoms with Crippen LogP contribution in [0.3, 0.4) is 0 Å². The smallest absolute Gasteiger partial charge is 0.225 e. The molecule has 2 aromatic carbocycles. The van der Waals surface area contributed by atoms with Crippen molar-refractivity contribution in [2.75, 3.05) is 37.5 Å². The van der Waals surface area contributed by atoms with Crippen LogP contribution in [0.4, 0.5) is 11.8 Å². The van der Waals surface area contributed by atoms with Gasteiger partial charge in [0.25, 0.3) is 0 Å². The Hall–Kier alpha value is -3.35. The molecule has 7 nitrogen and oxygen atoms in total. The van der Waals surface area contributed by atoms with E-state index < -0.39 is 0 Å². The van der Waals surface area contributed by atoms with Gasteiger partial charge in [-0.2, -0.15) is 4.98 Å². The van der Waals surface area contributed by atoms with Crippen molar-refractivity contribution in [3.63, 3.8) is 0 Å². The zero-order chi connectivity index (χ0) is 23.8. The molecule has 0 bridgehead atoms. The van der Waals surface area contributed by atoms with Gasteiger partial charge < -0.3 is 20.3 Å². The van der Waals surface area contributed by atoms with Gasteiger partial charge in [0.05, 0.1) is 12.1 Å². The van der Waals surface area contributed by atoms with Gasteiger partial charge in [0.1, 0.15) is 11.6 Å². The van der Waals surface area contributed by atoms with Crippen LogP contribution in [0.1, 0.15) is 38.5 Å². The molecule has 1 aliphatic carbocycles. The number of ether oxygens (including phenoxy) is 1. The Kier molecular flexibility index (Phi) is 8.17. The van der Waals surface area contributed by atoms with Crippen LogP contribution >= 0.6 is 0 Å². The summed E-state index contributed by atoms with van der Waals surface area (Å²) in [5, 5.41) is 7.72. The molecule has 7 heteroatoms. The average Bonchev–Trinajstić information content (AvgIpc) is 2.86. The van der Waals surface area contributed by atoms with E-state index in [0.29, 0.717) is 30.9 Å². The lowest BCUT2D eigenvalue weighted by Crippen LogP contribution is -2.34. The molecule has 4 rings (SSSR count). The van der Waals surface area contributed by atoms with Gasteiger partial charge in [0.2, 0.25) is 11.9 Å². The maximum atomic E-state index is 12.2. The minimum atomic E-state index is 0.109. The van der Waals surface area contributed by atoms with E-state index in [2.05, 4.69) is 16.7 Å². The highest BCUT2D eigenvalue weighted by Crippen LogP contribution is 2.28. The molecular weight excluding hydrogens is 426 g/mol. The van der Waals surface area contributed by atoms with E-state index in [1.54, 1.807) is 0 Å². The number of nitrogens with one attached hydrogen (secondary N) is 2. The Bertz CT molecular complexity index is 1070. The number of anilines is 2. The molecule has 0 aliphatic heterocycles. The number of carbonyl (C=O) groups is 1. The number of nitrogens with zero attached hydrogens (tertiary/aromatic N) is 3. The van der Waals surface area contributed by atoms with Crippen LogP contribution in [0.25, 0.3) is 10.9 Å². The summed E-state index contributed by atoms with van der Waals surface area (Å²) in [6.07, 6.45) is 5.50. The van der Waals surface area contributed by atoms with Gasteiger partial charge in [-0.3, -0.25) is 4.79 Å². The van der Waals surface area contributed by atoms with Crippen LogP contribution in [0, 0.1) is 5.92 Å². The van der Waals surface area contributed by atoms with Crippen molar-refractivity contribution in [3.05, 3.63) is 54.6 Å². The SMILES string of the molecule is CN(C)c1nc(N[C@H]2CC[C@@H](CNC(=O)CCCOc3ccccc3)CC2)nc2ccccc12. The first-order chi connectivity index (χ1) is 16.6. The summed E-state index contributed by atoms with van der Waals surface area (Å²) in [4.78, 5) is 23.7. The summed E-state index contributed by atoms with van der Waals surface area (Å²) in [6.45, 7) is 1.31. The quantitative estimate of drug-likeness (QED) is 0.428. The van der Waals surface area contributed by atoms with Gasteiger partial charge in [-0.05, 0) is 62.3 Å². The van der Waals surface area contributed by atoms with E-state index in [9.17, 15) is 4.79 Å². The van der Waals surface area contributed by atoms with Gasteiger partial charge >= 0.3 is 0 Å². The fourth-order valence-corrected chi connectivity index (χ4v) is 4.44. The molecule has 1 saturated carbocycles. The monoisotopic (exact) mass is 461 g/mol. The third kappa shape index (κ3) is 6.59. The van der Waals surface area contributed by atoms with E-state index in [1.807, 2.05) is 67.5 Å². The third-order valence-corrected chi connectivity index (χ3v) is 6.33. The molecule has 1 heterocycles. The number of aromatic nitrogens is 2. The summed E-state index contributed by atoms with van der Waals surface area (Å²) in [5.41, 5.74) is 0.953. The molecule has 1 aromatic heterocycles. The second-order valence-corrected chi connectivity index (χ2v) is 9.21. The highest BCUT2D eigenvalue weighted by atomic mass is 16.5. The number of fused-ring (bicyclic) bond motifs is 1. The van der Waals surface area contributed by atoms with E-state index in [4.69, 9.17) is 14.7 Å². The largest absolute Gasteiger partial charge is 0.494 e. The van der Waals surface area contributed by atoms with Gasteiger partial charge in [0, 0.05) is 38.5 Å². The molecule has 34 heavy (non-hydrogen) atoms. The van der Waals surface area contributed by atoms with Crippen molar-refractivity contribution in [3.8, 4) is 5.75 Å². The number of amides is 1. The van der Waals surface area contributed by atoms with Gasteiger partial charge in [0.15, 0.2) is 0 Å². The van der Waals surface area contributed by atoms with Crippen LogP contribution < -0.4 is 20.3 Å². The lowest BCUT2D eigenvalue weighted by molar-refractivity contribution is -0.121. The van der Waals surface area contributed by atoms with Gasteiger partial charge in [-0.1, -0.05) is 30.3 Å². The first-order valence-electron chi connectivity index (χ1n) is 12.2. The number of rotatable bonds is 10. The highest BCUT2D eigenvalue weighted by Gasteiger charge is 2.22. The van der Waals surface area contributed by atoms with Gasteiger partial charge in [-0.15, -0.1) is 0 Å². The number of hydrogen-bond donors (Lipinski definition) is 2. The summed E-state index contributed by atoms with van der Waals surface area (Å²) < 4.78 is 5.66. The van der Waals surface area contributed by atoms with Crippen molar-refractivity contribution in [2.45, 2.75) is 44.6 Å². The molecule has 0 spiro atoms. The fourth-order valence-electron chi connectivity index (χ4n) is 4.44. The van der Waals surface area contributed by atoms with Crippen LogP contribution in [0.15, 0.2) is 54.6 Å². The van der Waals surface area contributed by atoms with Crippen molar-refractivity contribution in [1.82, 2.24) is 15.3 Å². The lowest BCUT2D eigenvalue weighted by Gasteiger charge is -2.29. The molecule has 180 valence electrons. The molecule has 0 atom stereocenters. The molecule has 1 fully saturated rings. The lowest BCUT2D eigenvalue weighted by atomic mass is 9.86. The number of hydrogen-bond acceptors (Lipinski definition) is 6. The standard InChI is InChI=1S/C27H35N5O2/c1-32(2)26-23-11-6-7-12-24(23)30-27(31-26)29-21-16-14-20(15-17-21)19-28-25(33)13-8-18-34-22-9-4-3-5-10-22/h3-7,9-12,20-21H,8,13-19H2,1-2H3,(H,28,33)(H,29,30,31)/t20-,21+. The van der Waals surface area contributed by atoms with Crippen molar-refractivity contribution < 1.29 is 9.53 Å². The Labute approximate surface area is 201 Å². The Morgan fingerprint density at radius 1 is 1.00 bits per heavy atom. The van der Waals surface area contributed by atoms with Gasteiger partial charge in [-0.25, -0.2) is 4.98 Å². The molecule has 2 N–H and O–H groups in total. The van der Waals surface area contributed by atoms with Crippen molar-refractivity contribution in [2.24, 2.45) is 5.92 Å². The topological polar surface area (TPSA) is 79.4 Å². The first kappa shape index (κ1) is 23.8. The first-order valence-corrected chi connectivity index (χ1v) is 12.2. The molecule has 0 radical (unpaired) electrons.